The SMILES string of the molecule is [CH2-]/C=C(\CC[CH-]C(C)(C)C)C(C)(C)C.[Y]. The second-order valence-electron chi connectivity index (χ2n) is 6.09. The molecule has 0 amide bonds. The van der Waals surface area contributed by atoms with Crippen molar-refractivity contribution in [2.24, 2.45) is 10.8 Å². The van der Waals surface area contributed by atoms with Gasteiger partial charge in [-0.2, -0.15) is 11.8 Å². The van der Waals surface area contributed by atoms with E-state index in [2.05, 4.69) is 54.9 Å². The summed E-state index contributed by atoms with van der Waals surface area (Å²) in [5.74, 6) is 0. The van der Waals surface area contributed by atoms with Crippen LogP contribution in [0.25, 0.3) is 0 Å². The van der Waals surface area contributed by atoms with Crippen molar-refractivity contribution in [1.29, 1.82) is 0 Å². The molecule has 0 fully saturated rings. The zero-order valence-corrected chi connectivity index (χ0v) is 14.2. The van der Waals surface area contributed by atoms with Gasteiger partial charge in [-0.25, -0.2) is 18.6 Å². The van der Waals surface area contributed by atoms with Crippen LogP contribution in [0.1, 0.15) is 54.4 Å². The van der Waals surface area contributed by atoms with Crippen molar-refractivity contribution in [3.05, 3.63) is 25.0 Å². The predicted molar refractivity (Wildman–Crippen MR) is 65.9 cm³/mol. The largest absolute Gasteiger partial charge is 0.324 e. The Morgan fingerprint density at radius 2 is 1.60 bits per heavy atom. The van der Waals surface area contributed by atoms with E-state index in [1.165, 1.54) is 5.57 Å². The van der Waals surface area contributed by atoms with Crippen molar-refractivity contribution in [3.8, 4) is 0 Å². The second-order valence-corrected chi connectivity index (χ2v) is 6.09. The standard InChI is InChI=1S/C14H26.Y/c1-8-12(14(5,6)7)10-9-11-13(2,3)4;/h8,11H,1,9-10H2,2-7H3;/q-2;/b12-8+;. The van der Waals surface area contributed by atoms with E-state index in [-0.39, 0.29) is 38.1 Å². The van der Waals surface area contributed by atoms with Gasteiger partial charge in [0, 0.05) is 32.7 Å². The summed E-state index contributed by atoms with van der Waals surface area (Å²) in [6.07, 6.45) is 6.71. The minimum absolute atomic E-state index is 0. The van der Waals surface area contributed by atoms with Crippen molar-refractivity contribution in [3.63, 3.8) is 0 Å². The summed E-state index contributed by atoms with van der Waals surface area (Å²) in [5.41, 5.74) is 2.07. The molecule has 0 saturated heterocycles. The third-order valence-corrected chi connectivity index (χ3v) is 2.38. The second kappa shape index (κ2) is 7.12. The minimum atomic E-state index is 0. The maximum Gasteiger partial charge on any atom is 0 e. The molecule has 0 aliphatic rings. The molecule has 87 valence electrons. The molecule has 0 aliphatic carbocycles. The molecule has 1 radical (unpaired) electrons. The Hall–Kier alpha value is 0.714. The molecular weight excluding hydrogens is 257 g/mol. The van der Waals surface area contributed by atoms with E-state index >= 15 is 0 Å². The van der Waals surface area contributed by atoms with Crippen LogP contribution >= 0.6 is 0 Å². The Balaban J connectivity index is 0. The van der Waals surface area contributed by atoms with Crippen LogP contribution in [0, 0.1) is 24.2 Å². The van der Waals surface area contributed by atoms with Crippen LogP contribution in [0.2, 0.25) is 0 Å². The molecule has 0 saturated carbocycles. The average Bonchev–Trinajstić information content (AvgIpc) is 1.93. The smallest absolute Gasteiger partial charge is 0 e. The van der Waals surface area contributed by atoms with Crippen molar-refractivity contribution in [1.82, 2.24) is 0 Å². The van der Waals surface area contributed by atoms with Crippen LogP contribution in [0.3, 0.4) is 0 Å². The van der Waals surface area contributed by atoms with Gasteiger partial charge in [-0.15, -0.1) is 6.42 Å². The van der Waals surface area contributed by atoms with Gasteiger partial charge in [0.15, 0.2) is 0 Å². The molecule has 0 unspecified atom stereocenters. The van der Waals surface area contributed by atoms with Crippen molar-refractivity contribution >= 4 is 0 Å². The first-order chi connectivity index (χ1) is 6.17. The maximum atomic E-state index is 3.89. The van der Waals surface area contributed by atoms with E-state index in [9.17, 15) is 0 Å². The molecule has 1 heteroatoms. The first-order valence-electron chi connectivity index (χ1n) is 5.50. The quantitative estimate of drug-likeness (QED) is 0.651. The first-order valence-corrected chi connectivity index (χ1v) is 5.50. The average molecular weight is 283 g/mol. The molecule has 0 rings (SSSR count). The number of allylic oxidation sites excluding steroid dienone is 2. The zero-order chi connectivity index (χ0) is 11.4. The predicted octanol–water partition coefficient (Wildman–Crippen LogP) is 4.82. The van der Waals surface area contributed by atoms with E-state index in [4.69, 9.17) is 0 Å². The fourth-order valence-electron chi connectivity index (χ4n) is 1.44. The number of hydrogen-bond donors (Lipinski definition) is 0. The Kier molecular flexibility index (Phi) is 8.59. The van der Waals surface area contributed by atoms with Gasteiger partial charge < -0.3 is 6.42 Å². The maximum absolute atomic E-state index is 3.89. The van der Waals surface area contributed by atoms with E-state index in [0.717, 1.165) is 12.8 Å². The van der Waals surface area contributed by atoms with Gasteiger partial charge >= 0.3 is 0 Å². The van der Waals surface area contributed by atoms with Crippen LogP contribution < -0.4 is 0 Å². The number of rotatable bonds is 3. The van der Waals surface area contributed by atoms with E-state index in [0.29, 0.717) is 5.41 Å². The fourth-order valence-corrected chi connectivity index (χ4v) is 1.44. The molecule has 0 aliphatic heterocycles. The molecule has 0 spiro atoms. The van der Waals surface area contributed by atoms with Gasteiger partial charge in [0.25, 0.3) is 0 Å². The van der Waals surface area contributed by atoms with Gasteiger partial charge in [0.1, 0.15) is 0 Å². The Morgan fingerprint density at radius 1 is 1.13 bits per heavy atom. The summed E-state index contributed by atoms with van der Waals surface area (Å²) in [6, 6.07) is 0. The third-order valence-electron chi connectivity index (χ3n) is 2.38. The fraction of sp³-hybridized carbons (Fsp3) is 0.714. The summed E-state index contributed by atoms with van der Waals surface area (Å²) in [6.45, 7) is 17.4. The molecule has 0 atom stereocenters. The van der Waals surface area contributed by atoms with Crippen molar-refractivity contribution in [2.45, 2.75) is 54.4 Å². The van der Waals surface area contributed by atoms with Crippen LogP contribution in [0.15, 0.2) is 11.6 Å². The normalized spacial score (nSPS) is 13.6. The monoisotopic (exact) mass is 283 g/mol. The molecular formula is C14H26Y-2. The summed E-state index contributed by atoms with van der Waals surface area (Å²) in [7, 11) is 0. The Bertz CT molecular complexity index is 188. The molecule has 0 N–H and O–H groups in total. The van der Waals surface area contributed by atoms with Gasteiger partial charge in [0.2, 0.25) is 0 Å². The van der Waals surface area contributed by atoms with Crippen LogP contribution in [0.5, 0.6) is 0 Å². The first kappa shape index (κ1) is 18.1. The van der Waals surface area contributed by atoms with Crippen molar-refractivity contribution < 1.29 is 32.7 Å². The molecule has 0 aromatic carbocycles. The molecule has 0 aromatic heterocycles. The van der Waals surface area contributed by atoms with Gasteiger partial charge in [0.05, 0.1) is 0 Å². The topological polar surface area (TPSA) is 0 Å². The summed E-state index contributed by atoms with van der Waals surface area (Å²) >= 11 is 0. The Morgan fingerprint density at radius 3 is 1.87 bits per heavy atom. The molecule has 0 nitrogen and oxygen atoms in total. The zero-order valence-electron chi connectivity index (χ0n) is 11.4. The van der Waals surface area contributed by atoms with Crippen molar-refractivity contribution in [2.75, 3.05) is 0 Å². The molecule has 15 heavy (non-hydrogen) atoms. The molecule has 0 aromatic rings. The van der Waals surface area contributed by atoms with E-state index < -0.39 is 0 Å². The minimum Gasteiger partial charge on any atom is -0.324 e. The molecule has 0 bridgehead atoms. The van der Waals surface area contributed by atoms with Gasteiger partial charge in [-0.1, -0.05) is 47.0 Å². The molecule has 0 heterocycles. The van der Waals surface area contributed by atoms with E-state index in [1.807, 2.05) is 6.08 Å². The summed E-state index contributed by atoms with van der Waals surface area (Å²) in [4.78, 5) is 0. The van der Waals surface area contributed by atoms with Gasteiger partial charge in [-0.3, -0.25) is 0 Å². The van der Waals surface area contributed by atoms with Crippen LogP contribution in [-0.4, -0.2) is 0 Å². The third kappa shape index (κ3) is 9.63. The van der Waals surface area contributed by atoms with Crippen LogP contribution in [-0.2, 0) is 32.7 Å². The summed E-state index contributed by atoms with van der Waals surface area (Å²) < 4.78 is 0. The summed E-state index contributed by atoms with van der Waals surface area (Å²) in [5, 5.41) is 0. The van der Waals surface area contributed by atoms with Crippen LogP contribution in [0.4, 0.5) is 0 Å². The van der Waals surface area contributed by atoms with E-state index in [1.54, 1.807) is 0 Å². The number of hydrogen-bond acceptors (Lipinski definition) is 0. The Labute approximate surface area is 122 Å². The van der Waals surface area contributed by atoms with Gasteiger partial charge in [-0.05, 0) is 0 Å².